The Morgan fingerprint density at radius 1 is 0.955 bits per heavy atom. The smallest absolute Gasteiger partial charge is 0.309 e. The van der Waals surface area contributed by atoms with Crippen LogP contribution in [-0.4, -0.2) is 50.7 Å². The van der Waals surface area contributed by atoms with E-state index in [2.05, 4.69) is 4.90 Å². The number of nitrogens with zero attached hydrogens (tertiary/aromatic N) is 1. The van der Waals surface area contributed by atoms with Crippen molar-refractivity contribution in [3.05, 3.63) is 0 Å². The monoisotopic (exact) mass is 313 g/mol. The van der Waals surface area contributed by atoms with Crippen LogP contribution in [0.5, 0.6) is 0 Å². The van der Waals surface area contributed by atoms with Crippen molar-refractivity contribution >= 4 is 11.9 Å². The second kappa shape index (κ2) is 9.82. The topological polar surface area (TPSA) is 55.8 Å². The lowest BCUT2D eigenvalue weighted by molar-refractivity contribution is -0.146. The van der Waals surface area contributed by atoms with Gasteiger partial charge in [-0.25, -0.2) is 0 Å². The number of hydrogen-bond acceptors (Lipinski definition) is 5. The van der Waals surface area contributed by atoms with Gasteiger partial charge in [0.1, 0.15) is 0 Å². The predicted molar refractivity (Wildman–Crippen MR) is 85.4 cm³/mol. The van der Waals surface area contributed by atoms with Crippen molar-refractivity contribution < 1.29 is 19.1 Å². The molecule has 1 saturated carbocycles. The minimum absolute atomic E-state index is 0.182. The van der Waals surface area contributed by atoms with E-state index in [0.29, 0.717) is 19.0 Å². The highest BCUT2D eigenvalue weighted by Gasteiger charge is 2.25. The Balaban J connectivity index is 2.62. The van der Waals surface area contributed by atoms with Gasteiger partial charge in [0.2, 0.25) is 0 Å². The molecule has 0 aromatic rings. The molecule has 22 heavy (non-hydrogen) atoms. The second-order valence-electron chi connectivity index (χ2n) is 6.57. The molecule has 128 valence electrons. The Hall–Kier alpha value is -1.10. The summed E-state index contributed by atoms with van der Waals surface area (Å²) < 4.78 is 9.64. The quantitative estimate of drug-likeness (QED) is 0.644. The third-order valence-corrected chi connectivity index (χ3v) is 4.51. The third kappa shape index (κ3) is 6.34. The Kier molecular flexibility index (Phi) is 8.46. The second-order valence-corrected chi connectivity index (χ2v) is 6.57. The fraction of sp³-hybridized carbons (Fsp3) is 0.882. The van der Waals surface area contributed by atoms with Gasteiger partial charge in [0.25, 0.3) is 0 Å². The largest absolute Gasteiger partial charge is 0.469 e. The van der Waals surface area contributed by atoms with E-state index in [-0.39, 0.29) is 23.8 Å². The van der Waals surface area contributed by atoms with Crippen LogP contribution in [0.1, 0.15) is 46.0 Å². The van der Waals surface area contributed by atoms with Crippen LogP contribution in [0.2, 0.25) is 0 Å². The van der Waals surface area contributed by atoms with Crippen molar-refractivity contribution in [2.45, 2.75) is 46.0 Å². The molecule has 1 aliphatic rings. The molecular weight excluding hydrogens is 282 g/mol. The lowest BCUT2D eigenvalue weighted by Crippen LogP contribution is -2.40. The lowest BCUT2D eigenvalue weighted by atomic mass is 9.88. The van der Waals surface area contributed by atoms with Crippen molar-refractivity contribution in [3.8, 4) is 0 Å². The summed E-state index contributed by atoms with van der Waals surface area (Å²) in [6, 6.07) is 0. The van der Waals surface area contributed by atoms with Crippen LogP contribution < -0.4 is 0 Å². The Labute approximate surface area is 134 Å². The SMILES string of the molecule is COC(=O)C(C)CN(CC1CCCCC1)CC(C)C(=O)OC. The first-order chi connectivity index (χ1) is 10.5. The van der Waals surface area contributed by atoms with E-state index in [1.54, 1.807) is 0 Å². The number of carbonyl (C=O) groups is 2. The maximum atomic E-state index is 11.7. The zero-order valence-corrected chi connectivity index (χ0v) is 14.5. The minimum Gasteiger partial charge on any atom is -0.469 e. The number of rotatable bonds is 8. The van der Waals surface area contributed by atoms with E-state index in [4.69, 9.17) is 9.47 Å². The summed E-state index contributed by atoms with van der Waals surface area (Å²) >= 11 is 0. The molecule has 0 spiro atoms. The molecule has 0 bridgehead atoms. The summed E-state index contributed by atoms with van der Waals surface area (Å²) in [6.45, 7) is 5.96. The molecular formula is C17H31NO4. The Morgan fingerprint density at radius 2 is 1.41 bits per heavy atom. The summed E-state index contributed by atoms with van der Waals surface area (Å²) in [5, 5.41) is 0. The van der Waals surface area contributed by atoms with E-state index in [9.17, 15) is 9.59 Å². The van der Waals surface area contributed by atoms with Crippen LogP contribution in [0.3, 0.4) is 0 Å². The molecule has 0 saturated heterocycles. The van der Waals surface area contributed by atoms with Gasteiger partial charge in [-0.15, -0.1) is 0 Å². The van der Waals surface area contributed by atoms with Gasteiger partial charge in [0, 0.05) is 19.6 Å². The van der Waals surface area contributed by atoms with Crippen LogP contribution in [0.4, 0.5) is 0 Å². The van der Waals surface area contributed by atoms with E-state index >= 15 is 0 Å². The molecule has 0 aliphatic heterocycles. The van der Waals surface area contributed by atoms with Crippen LogP contribution in [0, 0.1) is 17.8 Å². The number of carbonyl (C=O) groups excluding carboxylic acids is 2. The molecule has 1 fully saturated rings. The first kappa shape index (κ1) is 18.9. The van der Waals surface area contributed by atoms with E-state index in [1.165, 1.54) is 46.3 Å². The average molecular weight is 313 g/mol. The summed E-state index contributed by atoms with van der Waals surface area (Å²) in [7, 11) is 2.84. The summed E-state index contributed by atoms with van der Waals surface area (Å²) in [5.41, 5.74) is 0. The van der Waals surface area contributed by atoms with Gasteiger partial charge in [0.15, 0.2) is 0 Å². The Bertz CT molecular complexity index is 329. The number of ether oxygens (including phenoxy) is 2. The molecule has 0 heterocycles. The molecule has 0 N–H and O–H groups in total. The zero-order chi connectivity index (χ0) is 16.5. The molecule has 0 radical (unpaired) electrons. The van der Waals surface area contributed by atoms with Gasteiger partial charge in [-0.3, -0.25) is 9.59 Å². The van der Waals surface area contributed by atoms with Gasteiger partial charge in [-0.1, -0.05) is 33.1 Å². The van der Waals surface area contributed by atoms with Crippen molar-refractivity contribution in [3.63, 3.8) is 0 Å². The number of esters is 2. The maximum absolute atomic E-state index is 11.7. The zero-order valence-electron chi connectivity index (χ0n) is 14.5. The van der Waals surface area contributed by atoms with Crippen LogP contribution in [-0.2, 0) is 19.1 Å². The van der Waals surface area contributed by atoms with Crippen molar-refractivity contribution in [1.82, 2.24) is 4.90 Å². The summed E-state index contributed by atoms with van der Waals surface area (Å²) in [4.78, 5) is 25.6. The first-order valence-corrected chi connectivity index (χ1v) is 8.35. The fourth-order valence-electron chi connectivity index (χ4n) is 3.28. The average Bonchev–Trinajstić information content (AvgIpc) is 2.53. The summed E-state index contributed by atoms with van der Waals surface area (Å²) in [5.74, 6) is -0.0842. The van der Waals surface area contributed by atoms with Crippen molar-refractivity contribution in [1.29, 1.82) is 0 Å². The van der Waals surface area contributed by atoms with Gasteiger partial charge < -0.3 is 14.4 Å². The van der Waals surface area contributed by atoms with E-state index in [1.807, 2.05) is 13.8 Å². The highest BCUT2D eigenvalue weighted by Crippen LogP contribution is 2.25. The molecule has 1 rings (SSSR count). The van der Waals surface area contributed by atoms with Gasteiger partial charge >= 0.3 is 11.9 Å². The van der Waals surface area contributed by atoms with E-state index in [0.717, 1.165) is 6.54 Å². The molecule has 5 nitrogen and oxygen atoms in total. The molecule has 0 amide bonds. The third-order valence-electron chi connectivity index (χ3n) is 4.51. The number of methoxy groups -OCH3 is 2. The van der Waals surface area contributed by atoms with Gasteiger partial charge in [-0.05, 0) is 18.8 Å². The standard InChI is InChI=1S/C17H31NO4/c1-13(16(19)21-3)10-18(11-14(2)17(20)22-4)12-15-8-6-5-7-9-15/h13-15H,5-12H2,1-4H3. The normalized spacial score (nSPS) is 18.8. The van der Waals surface area contributed by atoms with Crippen LogP contribution in [0.15, 0.2) is 0 Å². The highest BCUT2D eigenvalue weighted by atomic mass is 16.5. The number of hydrogen-bond donors (Lipinski definition) is 0. The van der Waals surface area contributed by atoms with Crippen molar-refractivity contribution in [2.24, 2.45) is 17.8 Å². The van der Waals surface area contributed by atoms with Gasteiger partial charge in [-0.2, -0.15) is 0 Å². The highest BCUT2D eigenvalue weighted by molar-refractivity contribution is 5.72. The Morgan fingerprint density at radius 3 is 1.82 bits per heavy atom. The molecule has 2 atom stereocenters. The van der Waals surface area contributed by atoms with Gasteiger partial charge in [0.05, 0.1) is 26.1 Å². The first-order valence-electron chi connectivity index (χ1n) is 8.35. The molecule has 2 unspecified atom stereocenters. The van der Waals surface area contributed by atoms with Crippen LogP contribution >= 0.6 is 0 Å². The van der Waals surface area contributed by atoms with Crippen LogP contribution in [0.25, 0.3) is 0 Å². The van der Waals surface area contributed by atoms with Crippen molar-refractivity contribution in [2.75, 3.05) is 33.9 Å². The lowest BCUT2D eigenvalue weighted by Gasteiger charge is -2.32. The minimum atomic E-state index is -0.195. The molecule has 5 heteroatoms. The summed E-state index contributed by atoms with van der Waals surface area (Å²) in [6.07, 6.45) is 6.40. The van der Waals surface area contributed by atoms with E-state index < -0.39 is 0 Å². The molecule has 1 aliphatic carbocycles. The molecule has 0 aromatic heterocycles. The molecule has 0 aromatic carbocycles. The predicted octanol–water partition coefficient (Wildman–Crippen LogP) is 2.49. The maximum Gasteiger partial charge on any atom is 0.309 e. The fourth-order valence-corrected chi connectivity index (χ4v) is 3.28.